The number of piperidine rings is 1. The number of halogens is 1. The summed E-state index contributed by atoms with van der Waals surface area (Å²) in [6.07, 6.45) is 8.66. The molecule has 0 radical (unpaired) electrons. The number of anilines is 3. The van der Waals surface area contributed by atoms with E-state index in [2.05, 4.69) is 34.4 Å². The smallest absolute Gasteiger partial charge is 0.302 e. The Balaban J connectivity index is 1.24. The van der Waals surface area contributed by atoms with Gasteiger partial charge in [-0.3, -0.25) is 14.4 Å². The van der Waals surface area contributed by atoms with Crippen molar-refractivity contribution in [1.82, 2.24) is 14.5 Å². The minimum absolute atomic E-state index is 0.0779. The second-order valence-corrected chi connectivity index (χ2v) is 14.3. The Morgan fingerprint density at radius 1 is 1.02 bits per heavy atom. The van der Waals surface area contributed by atoms with E-state index in [-0.39, 0.29) is 23.9 Å². The topological polar surface area (TPSA) is 96.8 Å². The minimum Gasteiger partial charge on any atom is -0.461 e. The molecule has 2 aliphatic heterocycles. The van der Waals surface area contributed by atoms with Gasteiger partial charge >= 0.3 is 5.97 Å². The molecule has 1 saturated heterocycles. The van der Waals surface area contributed by atoms with Crippen molar-refractivity contribution in [3.05, 3.63) is 90.8 Å². The second kappa shape index (κ2) is 13.3. The van der Waals surface area contributed by atoms with Gasteiger partial charge in [-0.05, 0) is 112 Å². The third kappa shape index (κ3) is 6.28. The first-order chi connectivity index (χ1) is 23.2. The lowest BCUT2D eigenvalue weighted by Crippen LogP contribution is -2.38. The number of amides is 1. The SMILES string of the molecule is CC(=O)OCc1c(-c2cn(C)c(=O)c(Nc3ccc(C4CCN(C)CC4)cc3)n2)cc(F)cc1N1CCc2c(sc3c2CCCC3)C1=O. The quantitative estimate of drug-likeness (QED) is 0.229. The van der Waals surface area contributed by atoms with Gasteiger partial charge in [-0.2, -0.15) is 0 Å². The molecule has 48 heavy (non-hydrogen) atoms. The molecule has 1 fully saturated rings. The van der Waals surface area contributed by atoms with Crippen LogP contribution >= 0.6 is 11.3 Å². The van der Waals surface area contributed by atoms with Crippen LogP contribution in [0.3, 0.4) is 0 Å². The minimum atomic E-state index is -0.565. The molecule has 2 aromatic carbocycles. The molecule has 4 aromatic rings. The van der Waals surface area contributed by atoms with Crippen LogP contribution in [0, 0.1) is 5.82 Å². The van der Waals surface area contributed by atoms with E-state index in [9.17, 15) is 14.4 Å². The summed E-state index contributed by atoms with van der Waals surface area (Å²) in [5.41, 5.74) is 5.51. The number of nitrogens with one attached hydrogen (secondary N) is 1. The Kier molecular flexibility index (Phi) is 8.91. The third-order valence-electron chi connectivity index (χ3n) is 9.92. The summed E-state index contributed by atoms with van der Waals surface area (Å²) in [5, 5.41) is 3.17. The monoisotopic (exact) mass is 669 g/mol. The average molecular weight is 670 g/mol. The van der Waals surface area contributed by atoms with Gasteiger partial charge in [0.2, 0.25) is 0 Å². The fourth-order valence-electron chi connectivity index (χ4n) is 7.30. The van der Waals surface area contributed by atoms with Crippen molar-refractivity contribution in [3.63, 3.8) is 0 Å². The van der Waals surface area contributed by atoms with Crippen LogP contribution in [-0.4, -0.2) is 53.0 Å². The van der Waals surface area contributed by atoms with Crippen LogP contribution in [0.4, 0.5) is 21.6 Å². The molecule has 9 nitrogen and oxygen atoms in total. The Labute approximate surface area is 283 Å². The molecule has 0 saturated carbocycles. The number of carbonyl (C=O) groups excluding carboxylic acids is 2. The van der Waals surface area contributed by atoms with E-state index in [0.29, 0.717) is 52.0 Å². The highest BCUT2D eigenvalue weighted by Gasteiger charge is 2.34. The number of hydrogen-bond donors (Lipinski definition) is 1. The number of carbonyl (C=O) groups is 2. The van der Waals surface area contributed by atoms with Gasteiger partial charge in [0.05, 0.1) is 16.3 Å². The van der Waals surface area contributed by atoms with Crippen LogP contribution in [0.25, 0.3) is 11.3 Å². The molecular formula is C37H40FN5O4S. The highest BCUT2D eigenvalue weighted by molar-refractivity contribution is 7.14. The van der Waals surface area contributed by atoms with Gasteiger partial charge in [0.1, 0.15) is 12.4 Å². The summed E-state index contributed by atoms with van der Waals surface area (Å²) in [7, 11) is 3.76. The van der Waals surface area contributed by atoms with Crippen molar-refractivity contribution in [2.45, 2.75) is 64.4 Å². The molecule has 4 heterocycles. The molecule has 3 aliphatic rings. The van der Waals surface area contributed by atoms with Crippen molar-refractivity contribution in [3.8, 4) is 11.3 Å². The Morgan fingerprint density at radius 2 is 1.77 bits per heavy atom. The van der Waals surface area contributed by atoms with Crippen LogP contribution < -0.4 is 15.8 Å². The molecule has 1 aliphatic carbocycles. The molecule has 7 rings (SSSR count). The van der Waals surface area contributed by atoms with E-state index in [1.54, 1.807) is 23.3 Å². The summed E-state index contributed by atoms with van der Waals surface area (Å²) in [6.45, 7) is 3.64. The fourth-order valence-corrected chi connectivity index (χ4v) is 8.69. The van der Waals surface area contributed by atoms with Crippen molar-refractivity contribution in [2.24, 2.45) is 7.05 Å². The molecule has 0 spiro atoms. The largest absolute Gasteiger partial charge is 0.461 e. The van der Waals surface area contributed by atoms with Crippen LogP contribution in [0.5, 0.6) is 0 Å². The van der Waals surface area contributed by atoms with Gasteiger partial charge in [0.15, 0.2) is 5.82 Å². The molecule has 2 aromatic heterocycles. The number of ether oxygens (including phenoxy) is 1. The molecule has 11 heteroatoms. The van der Waals surface area contributed by atoms with Crippen LogP contribution in [0.1, 0.15) is 75.3 Å². The summed E-state index contributed by atoms with van der Waals surface area (Å²) in [6, 6.07) is 10.7. The van der Waals surface area contributed by atoms with Gasteiger partial charge in [-0.15, -0.1) is 11.3 Å². The van der Waals surface area contributed by atoms with Crippen molar-refractivity contribution >= 4 is 40.4 Å². The fraction of sp³-hybridized carbons (Fsp3) is 0.405. The first-order valence-electron chi connectivity index (χ1n) is 16.7. The summed E-state index contributed by atoms with van der Waals surface area (Å²) in [4.78, 5) is 49.9. The predicted molar refractivity (Wildman–Crippen MR) is 186 cm³/mol. The molecule has 0 atom stereocenters. The second-order valence-electron chi connectivity index (χ2n) is 13.2. The van der Waals surface area contributed by atoms with Gasteiger partial charge in [-0.1, -0.05) is 12.1 Å². The van der Waals surface area contributed by atoms with E-state index < -0.39 is 11.8 Å². The Morgan fingerprint density at radius 3 is 2.52 bits per heavy atom. The first-order valence-corrected chi connectivity index (χ1v) is 17.5. The maximum absolute atomic E-state index is 15.5. The number of nitrogens with zero attached hydrogens (tertiary/aromatic N) is 4. The molecule has 0 bridgehead atoms. The van der Waals surface area contributed by atoms with Crippen LogP contribution in [0.15, 0.2) is 47.4 Å². The third-order valence-corrected chi connectivity index (χ3v) is 11.2. The Hall–Kier alpha value is -4.35. The number of likely N-dealkylation sites (tertiary alicyclic amines) is 1. The Bertz CT molecular complexity index is 1940. The van der Waals surface area contributed by atoms with E-state index in [1.165, 1.54) is 45.8 Å². The van der Waals surface area contributed by atoms with E-state index in [0.717, 1.165) is 57.2 Å². The van der Waals surface area contributed by atoms with Crippen LogP contribution in [0.2, 0.25) is 0 Å². The molecule has 0 unspecified atom stereocenters. The molecular weight excluding hydrogens is 630 g/mol. The number of thiophene rings is 1. The van der Waals surface area contributed by atoms with Gasteiger partial charge < -0.3 is 24.4 Å². The lowest BCUT2D eigenvalue weighted by molar-refractivity contribution is -0.142. The van der Waals surface area contributed by atoms with Crippen LogP contribution in [-0.2, 0) is 42.4 Å². The van der Waals surface area contributed by atoms with Crippen molar-refractivity contribution < 1.29 is 18.7 Å². The maximum atomic E-state index is 15.5. The number of aryl methyl sites for hydroxylation is 2. The van der Waals surface area contributed by atoms with E-state index in [1.807, 2.05) is 12.1 Å². The number of aromatic nitrogens is 2. The van der Waals surface area contributed by atoms with E-state index >= 15 is 4.39 Å². The maximum Gasteiger partial charge on any atom is 0.302 e. The van der Waals surface area contributed by atoms with Gasteiger partial charge in [0.25, 0.3) is 11.5 Å². The lowest BCUT2D eigenvalue weighted by Gasteiger charge is -2.30. The lowest BCUT2D eigenvalue weighted by atomic mass is 9.89. The molecule has 1 amide bonds. The number of benzene rings is 2. The average Bonchev–Trinajstić information content (AvgIpc) is 3.46. The summed E-state index contributed by atoms with van der Waals surface area (Å²) >= 11 is 1.56. The van der Waals surface area contributed by atoms with E-state index in [4.69, 9.17) is 4.74 Å². The number of esters is 1. The predicted octanol–water partition coefficient (Wildman–Crippen LogP) is 6.35. The highest BCUT2D eigenvalue weighted by Crippen LogP contribution is 2.41. The van der Waals surface area contributed by atoms with Gasteiger partial charge in [-0.25, -0.2) is 9.37 Å². The van der Waals surface area contributed by atoms with Crippen molar-refractivity contribution in [2.75, 3.05) is 36.9 Å². The normalized spacial score (nSPS) is 16.8. The molecule has 1 N–H and O–H groups in total. The zero-order valence-corrected chi connectivity index (χ0v) is 28.4. The number of fused-ring (bicyclic) bond motifs is 3. The number of hydrogen-bond acceptors (Lipinski definition) is 8. The summed E-state index contributed by atoms with van der Waals surface area (Å²) in [5.74, 6) is -0.657. The zero-order chi connectivity index (χ0) is 33.5. The van der Waals surface area contributed by atoms with Gasteiger partial charge in [0, 0.05) is 48.4 Å². The molecule has 250 valence electrons. The standard InChI is InChI=1S/C37H40FN5O4S/c1-22(44)47-21-30-29(18-25(38)19-32(30)43-17-14-28-27-6-4-5-7-33(27)48-34(28)36(43)45)31-20-42(3)37(46)35(40-31)39-26-10-8-23(9-11-26)24-12-15-41(2)16-13-24/h8-11,18-20,24H,4-7,12-17,21H2,1-3H3,(H,39,40). The highest BCUT2D eigenvalue weighted by atomic mass is 32.1. The van der Waals surface area contributed by atoms with Crippen molar-refractivity contribution in [1.29, 1.82) is 0 Å². The summed E-state index contributed by atoms with van der Waals surface area (Å²) < 4.78 is 22.4. The first kappa shape index (κ1) is 32.2. The zero-order valence-electron chi connectivity index (χ0n) is 27.6. The number of rotatable bonds is 7.